The number of ether oxygens (including phenoxy) is 1. The monoisotopic (exact) mass is 390 g/mol. The molecule has 0 spiro atoms. The smallest absolute Gasteiger partial charge is 0.273 e. The van der Waals surface area contributed by atoms with Crippen molar-refractivity contribution in [2.24, 2.45) is 5.92 Å². The summed E-state index contributed by atoms with van der Waals surface area (Å²) in [6.45, 7) is 0. The van der Waals surface area contributed by atoms with Gasteiger partial charge in [-0.3, -0.25) is 10.1 Å². The minimum Gasteiger partial charge on any atom is -0.494 e. The zero-order valence-electron chi connectivity index (χ0n) is 13.9. The molecule has 0 saturated heterocycles. The maximum atomic E-state index is 11.3. The van der Waals surface area contributed by atoms with Crippen LogP contribution in [0.1, 0.15) is 29.5 Å². The minimum atomic E-state index is -0.390. The van der Waals surface area contributed by atoms with Crippen molar-refractivity contribution in [1.82, 2.24) is 0 Å². The van der Waals surface area contributed by atoms with Gasteiger partial charge in [-0.25, -0.2) is 0 Å². The number of benzene rings is 2. The summed E-state index contributed by atoms with van der Waals surface area (Å²) in [4.78, 5) is 10.9. The Kier molecular flexibility index (Phi) is 4.29. The largest absolute Gasteiger partial charge is 0.494 e. The minimum absolute atomic E-state index is 0.0319. The van der Waals surface area contributed by atoms with Crippen molar-refractivity contribution >= 4 is 34.6 Å². The van der Waals surface area contributed by atoms with Gasteiger partial charge in [-0.1, -0.05) is 41.4 Å². The number of nitro groups is 1. The first kappa shape index (κ1) is 17.2. The summed E-state index contributed by atoms with van der Waals surface area (Å²) in [5.74, 6) is 0.743. The molecule has 0 saturated carbocycles. The third-order valence-electron chi connectivity index (χ3n) is 5.15. The molecule has 2 aromatic rings. The van der Waals surface area contributed by atoms with Gasteiger partial charge in [0.05, 0.1) is 29.8 Å². The molecule has 0 unspecified atom stereocenters. The Balaban J connectivity index is 1.86. The highest BCUT2D eigenvalue weighted by Crippen LogP contribution is 2.54. The fraction of sp³-hybridized carbons (Fsp3) is 0.263. The molecule has 1 aliphatic heterocycles. The van der Waals surface area contributed by atoms with Crippen LogP contribution in [0.25, 0.3) is 0 Å². The van der Waals surface area contributed by atoms with Crippen LogP contribution in [0.15, 0.2) is 42.5 Å². The molecule has 2 aromatic carbocycles. The summed E-state index contributed by atoms with van der Waals surface area (Å²) < 4.78 is 5.44. The van der Waals surface area contributed by atoms with Crippen LogP contribution in [-0.4, -0.2) is 12.0 Å². The molecule has 0 aromatic heterocycles. The van der Waals surface area contributed by atoms with Gasteiger partial charge in [0, 0.05) is 22.0 Å². The van der Waals surface area contributed by atoms with Gasteiger partial charge < -0.3 is 10.1 Å². The van der Waals surface area contributed by atoms with Crippen LogP contribution in [0.4, 0.5) is 11.4 Å². The van der Waals surface area contributed by atoms with E-state index in [1.54, 1.807) is 12.1 Å². The van der Waals surface area contributed by atoms with Crippen molar-refractivity contribution in [3.63, 3.8) is 0 Å². The second kappa shape index (κ2) is 6.49. The van der Waals surface area contributed by atoms with Crippen LogP contribution in [-0.2, 0) is 0 Å². The van der Waals surface area contributed by atoms with Gasteiger partial charge in [0.15, 0.2) is 0 Å². The highest BCUT2D eigenvalue weighted by Gasteiger charge is 2.40. The average Bonchev–Trinajstić information content (AvgIpc) is 3.10. The van der Waals surface area contributed by atoms with Crippen molar-refractivity contribution < 1.29 is 9.66 Å². The first-order valence-corrected chi connectivity index (χ1v) is 8.99. The average molecular weight is 391 g/mol. The topological polar surface area (TPSA) is 64.4 Å². The molecule has 0 bridgehead atoms. The van der Waals surface area contributed by atoms with Gasteiger partial charge in [-0.05, 0) is 35.6 Å². The Hall–Kier alpha value is -2.24. The normalized spacial score (nSPS) is 23.1. The molecule has 5 nitrogen and oxygen atoms in total. The van der Waals surface area contributed by atoms with E-state index in [9.17, 15) is 10.1 Å². The van der Waals surface area contributed by atoms with E-state index >= 15 is 0 Å². The number of non-ortho nitro benzene ring substituents is 1. The Morgan fingerprint density at radius 3 is 2.73 bits per heavy atom. The molecular formula is C19H16Cl2N2O3. The van der Waals surface area contributed by atoms with Crippen LogP contribution >= 0.6 is 23.2 Å². The van der Waals surface area contributed by atoms with Gasteiger partial charge in [-0.2, -0.15) is 0 Å². The van der Waals surface area contributed by atoms with E-state index in [0.717, 1.165) is 23.2 Å². The Morgan fingerprint density at radius 2 is 2.04 bits per heavy atom. The number of anilines is 1. The molecule has 1 heterocycles. The third-order valence-corrected chi connectivity index (χ3v) is 5.71. The number of rotatable bonds is 3. The molecule has 26 heavy (non-hydrogen) atoms. The summed E-state index contributed by atoms with van der Waals surface area (Å²) in [6, 6.07) is 8.54. The highest BCUT2D eigenvalue weighted by atomic mass is 35.5. The van der Waals surface area contributed by atoms with Crippen LogP contribution < -0.4 is 10.1 Å². The SMILES string of the molecule is COc1cc([N+](=O)[O-])cc2c1N[C@@H](c1ccc(Cl)cc1Cl)[C@H]1CC=C[C@@H]21. The van der Waals surface area contributed by atoms with E-state index in [1.807, 2.05) is 12.1 Å². The molecule has 4 rings (SSSR count). The number of nitro benzene ring substituents is 1. The number of nitrogens with zero attached hydrogens (tertiary/aromatic N) is 1. The maximum absolute atomic E-state index is 11.3. The number of fused-ring (bicyclic) bond motifs is 3. The van der Waals surface area contributed by atoms with E-state index in [0.29, 0.717) is 15.8 Å². The number of hydrogen-bond donors (Lipinski definition) is 1. The molecule has 1 N–H and O–H groups in total. The van der Waals surface area contributed by atoms with Gasteiger partial charge in [0.1, 0.15) is 5.75 Å². The lowest BCUT2D eigenvalue weighted by Crippen LogP contribution is -2.29. The van der Waals surface area contributed by atoms with Crippen molar-refractivity contribution in [2.45, 2.75) is 18.4 Å². The lowest BCUT2D eigenvalue weighted by atomic mass is 9.76. The lowest BCUT2D eigenvalue weighted by Gasteiger charge is -2.38. The highest BCUT2D eigenvalue weighted by molar-refractivity contribution is 6.35. The van der Waals surface area contributed by atoms with E-state index in [2.05, 4.69) is 17.5 Å². The van der Waals surface area contributed by atoms with Crippen molar-refractivity contribution in [3.05, 3.63) is 73.8 Å². The number of nitrogens with one attached hydrogen (secondary N) is 1. The van der Waals surface area contributed by atoms with Crippen molar-refractivity contribution in [1.29, 1.82) is 0 Å². The van der Waals surface area contributed by atoms with Crippen LogP contribution in [0.5, 0.6) is 5.75 Å². The molecule has 0 fully saturated rings. The summed E-state index contributed by atoms with van der Waals surface area (Å²) in [6.07, 6.45) is 5.10. The first-order valence-electron chi connectivity index (χ1n) is 8.24. The number of allylic oxidation sites excluding steroid dienone is 2. The van der Waals surface area contributed by atoms with Gasteiger partial charge >= 0.3 is 0 Å². The summed E-state index contributed by atoms with van der Waals surface area (Å²) >= 11 is 12.5. The molecule has 0 amide bonds. The van der Waals surface area contributed by atoms with Crippen LogP contribution in [0, 0.1) is 16.0 Å². The fourth-order valence-corrected chi connectivity index (χ4v) is 4.51. The molecule has 0 radical (unpaired) electrons. The van der Waals surface area contributed by atoms with Crippen LogP contribution in [0.2, 0.25) is 10.0 Å². The summed E-state index contributed by atoms with van der Waals surface area (Å²) in [5.41, 5.74) is 2.66. The lowest BCUT2D eigenvalue weighted by molar-refractivity contribution is -0.385. The molecule has 2 aliphatic rings. The quantitative estimate of drug-likeness (QED) is 0.412. The Morgan fingerprint density at radius 1 is 1.23 bits per heavy atom. The summed E-state index contributed by atoms with van der Waals surface area (Å²) in [5, 5.41) is 16.0. The van der Waals surface area contributed by atoms with E-state index in [-0.39, 0.29) is 23.6 Å². The molecule has 1 aliphatic carbocycles. The molecule has 7 heteroatoms. The second-order valence-electron chi connectivity index (χ2n) is 6.51. The molecule has 134 valence electrons. The van der Waals surface area contributed by atoms with Crippen molar-refractivity contribution in [2.75, 3.05) is 12.4 Å². The maximum Gasteiger partial charge on any atom is 0.273 e. The van der Waals surface area contributed by atoms with E-state index in [4.69, 9.17) is 27.9 Å². The number of hydrogen-bond acceptors (Lipinski definition) is 4. The first-order chi connectivity index (χ1) is 12.5. The fourth-order valence-electron chi connectivity index (χ4n) is 3.98. The van der Waals surface area contributed by atoms with Gasteiger partial charge in [0.2, 0.25) is 0 Å². The zero-order valence-corrected chi connectivity index (χ0v) is 15.4. The third kappa shape index (κ3) is 2.72. The summed E-state index contributed by atoms with van der Waals surface area (Å²) in [7, 11) is 1.52. The molecule has 3 atom stereocenters. The van der Waals surface area contributed by atoms with Crippen molar-refractivity contribution in [3.8, 4) is 5.75 Å². The Bertz CT molecular complexity index is 929. The van der Waals surface area contributed by atoms with E-state index < -0.39 is 4.92 Å². The van der Waals surface area contributed by atoms with Crippen LogP contribution in [0.3, 0.4) is 0 Å². The standard InChI is InChI=1S/C19H16Cl2N2O3/c1-26-17-9-11(23(24)25)8-15-12-3-2-4-13(12)18(22-19(15)17)14-6-5-10(20)7-16(14)21/h2-3,5-9,12-13,18,22H,4H2,1H3/t12-,13+,18-/m1/s1. The number of halogens is 2. The second-order valence-corrected chi connectivity index (χ2v) is 7.35. The predicted octanol–water partition coefficient (Wildman–Crippen LogP) is 5.74. The predicted molar refractivity (Wildman–Crippen MR) is 102 cm³/mol. The zero-order chi connectivity index (χ0) is 18.4. The number of methoxy groups -OCH3 is 1. The molecular weight excluding hydrogens is 375 g/mol. The van der Waals surface area contributed by atoms with E-state index in [1.165, 1.54) is 13.2 Å². The van der Waals surface area contributed by atoms with Gasteiger partial charge in [-0.15, -0.1) is 0 Å². The van der Waals surface area contributed by atoms with Gasteiger partial charge in [0.25, 0.3) is 5.69 Å². The Labute approximate surface area is 160 Å².